The van der Waals surface area contributed by atoms with Gasteiger partial charge in [-0.15, -0.1) is 0 Å². The first-order chi connectivity index (χ1) is 11.8. The second kappa shape index (κ2) is 6.67. The highest BCUT2D eigenvalue weighted by Gasteiger charge is 2.54. The van der Waals surface area contributed by atoms with Gasteiger partial charge in [-0.2, -0.15) is 0 Å². The molecule has 25 heavy (non-hydrogen) atoms. The Morgan fingerprint density at radius 1 is 1.20 bits per heavy atom. The molecule has 1 aromatic carbocycles. The van der Waals surface area contributed by atoms with E-state index < -0.39 is 5.60 Å². The first-order valence-electron chi connectivity index (χ1n) is 8.66. The van der Waals surface area contributed by atoms with Crippen LogP contribution in [-0.2, 0) is 16.1 Å². The molecule has 1 amide bonds. The zero-order chi connectivity index (χ0) is 18.1. The summed E-state index contributed by atoms with van der Waals surface area (Å²) in [5.74, 6) is 0. The summed E-state index contributed by atoms with van der Waals surface area (Å²) in [5.41, 5.74) is 1.71. The lowest BCUT2D eigenvalue weighted by molar-refractivity contribution is -0.0153. The minimum atomic E-state index is -0.474. The largest absolute Gasteiger partial charge is 0.444 e. The number of oxime groups is 1. The van der Waals surface area contributed by atoms with E-state index in [1.165, 1.54) is 5.56 Å². The summed E-state index contributed by atoms with van der Waals surface area (Å²) in [4.78, 5) is 21.4. The van der Waals surface area contributed by atoms with E-state index in [4.69, 9.17) is 9.57 Å². The maximum absolute atomic E-state index is 12.2. The molecule has 6 heteroatoms. The number of benzene rings is 1. The first-order valence-corrected chi connectivity index (χ1v) is 8.66. The number of carbonyl (C=O) groups excluding carboxylic acids is 1. The van der Waals surface area contributed by atoms with Gasteiger partial charge in [-0.1, -0.05) is 35.5 Å². The number of hydrogen-bond acceptors (Lipinski definition) is 5. The van der Waals surface area contributed by atoms with Gasteiger partial charge in [0.05, 0.1) is 11.1 Å². The molecule has 0 atom stereocenters. The lowest BCUT2D eigenvalue weighted by Crippen LogP contribution is -2.63. The summed E-state index contributed by atoms with van der Waals surface area (Å²) in [6.45, 7) is 9.44. The quantitative estimate of drug-likeness (QED) is 0.791. The van der Waals surface area contributed by atoms with Gasteiger partial charge in [-0.3, -0.25) is 4.90 Å². The van der Waals surface area contributed by atoms with E-state index in [0.29, 0.717) is 13.1 Å². The number of carbonyl (C=O) groups is 1. The van der Waals surface area contributed by atoms with Crippen LogP contribution in [0, 0.1) is 5.41 Å². The van der Waals surface area contributed by atoms with E-state index in [2.05, 4.69) is 34.3 Å². The summed E-state index contributed by atoms with van der Waals surface area (Å²) in [6, 6.07) is 10.4. The van der Waals surface area contributed by atoms with Crippen molar-refractivity contribution in [3.05, 3.63) is 35.9 Å². The average Bonchev–Trinajstić information content (AvgIpc) is 2.84. The van der Waals surface area contributed by atoms with Gasteiger partial charge >= 0.3 is 6.09 Å². The number of hydrogen-bond donors (Lipinski definition) is 0. The number of amides is 1. The van der Waals surface area contributed by atoms with Crippen molar-refractivity contribution in [2.45, 2.75) is 32.9 Å². The second-order valence-corrected chi connectivity index (χ2v) is 7.97. The molecular formula is C19H27N3O3. The lowest BCUT2D eigenvalue weighted by Gasteiger charge is -2.47. The smallest absolute Gasteiger partial charge is 0.410 e. The molecule has 0 aromatic heterocycles. The van der Waals surface area contributed by atoms with E-state index in [1.54, 1.807) is 12.0 Å². The van der Waals surface area contributed by atoms with Crippen molar-refractivity contribution < 1.29 is 14.4 Å². The minimum absolute atomic E-state index is 0.109. The third-order valence-electron chi connectivity index (χ3n) is 4.60. The summed E-state index contributed by atoms with van der Waals surface area (Å²) >= 11 is 0. The Labute approximate surface area is 149 Å². The summed E-state index contributed by atoms with van der Waals surface area (Å²) in [5, 5.41) is 4.26. The molecule has 1 aromatic rings. The highest BCUT2D eigenvalue weighted by Crippen LogP contribution is 2.39. The first kappa shape index (κ1) is 17.7. The molecule has 0 bridgehead atoms. The fourth-order valence-electron chi connectivity index (χ4n) is 3.57. The molecule has 6 nitrogen and oxygen atoms in total. The zero-order valence-corrected chi connectivity index (χ0v) is 15.5. The van der Waals surface area contributed by atoms with Gasteiger partial charge in [0, 0.05) is 32.7 Å². The number of rotatable bonds is 3. The molecule has 0 unspecified atom stereocenters. The molecule has 0 N–H and O–H groups in total. The van der Waals surface area contributed by atoms with E-state index in [9.17, 15) is 4.79 Å². The number of likely N-dealkylation sites (tertiary alicyclic amines) is 2. The van der Waals surface area contributed by atoms with Gasteiger partial charge in [0.2, 0.25) is 0 Å². The van der Waals surface area contributed by atoms with Crippen molar-refractivity contribution in [3.63, 3.8) is 0 Å². The molecule has 3 rings (SSSR count). The highest BCUT2D eigenvalue weighted by molar-refractivity contribution is 5.96. The van der Waals surface area contributed by atoms with E-state index >= 15 is 0 Å². The van der Waals surface area contributed by atoms with Crippen LogP contribution in [0.15, 0.2) is 35.5 Å². The maximum atomic E-state index is 12.2. The molecular weight excluding hydrogens is 318 g/mol. The van der Waals surface area contributed by atoms with Gasteiger partial charge < -0.3 is 14.5 Å². The van der Waals surface area contributed by atoms with Crippen LogP contribution in [-0.4, -0.2) is 60.5 Å². The molecule has 2 heterocycles. The maximum Gasteiger partial charge on any atom is 0.410 e. The lowest BCUT2D eigenvalue weighted by atomic mass is 9.78. The van der Waals surface area contributed by atoms with Crippen LogP contribution in [0.5, 0.6) is 0 Å². The van der Waals surface area contributed by atoms with Gasteiger partial charge in [-0.05, 0) is 26.3 Å². The topological polar surface area (TPSA) is 54.4 Å². The molecule has 2 aliphatic heterocycles. The Morgan fingerprint density at radius 2 is 1.88 bits per heavy atom. The zero-order valence-electron chi connectivity index (χ0n) is 15.5. The normalized spacial score (nSPS) is 21.4. The number of nitrogens with zero attached hydrogens (tertiary/aromatic N) is 3. The molecule has 2 saturated heterocycles. The van der Waals surface area contributed by atoms with Crippen molar-refractivity contribution in [2.24, 2.45) is 10.6 Å². The van der Waals surface area contributed by atoms with Crippen molar-refractivity contribution in [1.82, 2.24) is 9.80 Å². The van der Waals surface area contributed by atoms with Crippen LogP contribution in [0.25, 0.3) is 0 Å². The van der Waals surface area contributed by atoms with E-state index in [-0.39, 0.29) is 11.5 Å². The molecule has 0 radical (unpaired) electrons. The Morgan fingerprint density at radius 3 is 2.48 bits per heavy atom. The summed E-state index contributed by atoms with van der Waals surface area (Å²) < 4.78 is 5.46. The van der Waals surface area contributed by atoms with Crippen molar-refractivity contribution in [2.75, 3.05) is 33.3 Å². The van der Waals surface area contributed by atoms with Crippen molar-refractivity contribution in [3.8, 4) is 0 Å². The third kappa shape index (κ3) is 3.95. The van der Waals surface area contributed by atoms with Crippen LogP contribution >= 0.6 is 0 Å². The van der Waals surface area contributed by atoms with Crippen LogP contribution in [0.1, 0.15) is 26.3 Å². The predicted molar refractivity (Wildman–Crippen MR) is 96.4 cm³/mol. The van der Waals surface area contributed by atoms with E-state index in [0.717, 1.165) is 25.3 Å². The molecule has 2 fully saturated rings. The van der Waals surface area contributed by atoms with Gasteiger partial charge in [0.25, 0.3) is 0 Å². The van der Waals surface area contributed by atoms with Gasteiger partial charge in [-0.25, -0.2) is 4.79 Å². The standard InChI is InChI=1S/C19H27N3O3/c1-18(2,3)25-17(23)22-13-19(14-22)12-21(11-16(19)20-24-4)10-15-8-6-5-7-9-15/h5-9H,10-14H2,1-4H3/b20-16+. The van der Waals surface area contributed by atoms with E-state index in [1.807, 2.05) is 26.8 Å². The molecule has 136 valence electrons. The Bertz CT molecular complexity index is 646. The fraction of sp³-hybridized carbons (Fsp3) is 0.579. The second-order valence-electron chi connectivity index (χ2n) is 7.97. The minimum Gasteiger partial charge on any atom is -0.444 e. The summed E-state index contributed by atoms with van der Waals surface area (Å²) in [7, 11) is 1.57. The fourth-order valence-corrected chi connectivity index (χ4v) is 3.57. The highest BCUT2D eigenvalue weighted by atomic mass is 16.6. The van der Waals surface area contributed by atoms with Gasteiger partial charge in [0.15, 0.2) is 0 Å². The molecule has 1 spiro atoms. The van der Waals surface area contributed by atoms with Crippen LogP contribution < -0.4 is 0 Å². The average molecular weight is 345 g/mol. The SMILES string of the molecule is CO/N=C1\CN(Cc2ccccc2)CC12CN(C(=O)OC(C)(C)C)C2. The predicted octanol–water partition coefficient (Wildman–Crippen LogP) is 2.74. The van der Waals surface area contributed by atoms with Crippen LogP contribution in [0.3, 0.4) is 0 Å². The Balaban J connectivity index is 1.65. The van der Waals surface area contributed by atoms with Crippen molar-refractivity contribution in [1.29, 1.82) is 0 Å². The Kier molecular flexibility index (Phi) is 4.73. The Hall–Kier alpha value is -2.08. The molecule has 0 aliphatic carbocycles. The van der Waals surface area contributed by atoms with Gasteiger partial charge in [0.1, 0.15) is 12.7 Å². The number of ether oxygens (including phenoxy) is 1. The van der Waals surface area contributed by atoms with Crippen LogP contribution in [0.4, 0.5) is 4.79 Å². The molecule has 0 saturated carbocycles. The van der Waals surface area contributed by atoms with Crippen LogP contribution in [0.2, 0.25) is 0 Å². The third-order valence-corrected chi connectivity index (χ3v) is 4.60. The molecule has 2 aliphatic rings. The van der Waals surface area contributed by atoms with Crippen molar-refractivity contribution >= 4 is 11.8 Å². The monoisotopic (exact) mass is 345 g/mol. The summed E-state index contributed by atoms with van der Waals surface area (Å²) in [6.07, 6.45) is -0.253.